The zero-order chi connectivity index (χ0) is 21.8. The zero-order valence-electron chi connectivity index (χ0n) is 18.6. The molecule has 0 atom stereocenters. The monoisotopic (exact) mass is 399 g/mol. The Hall–Kier alpha value is -2.83. The summed E-state index contributed by atoms with van der Waals surface area (Å²) >= 11 is 0. The Morgan fingerprint density at radius 3 is 2.28 bits per heavy atom. The molecule has 2 N–H and O–H groups in total. The highest BCUT2D eigenvalue weighted by molar-refractivity contribution is 5.97. The van der Waals surface area contributed by atoms with Gasteiger partial charge in [0.05, 0.1) is 5.69 Å². The lowest BCUT2D eigenvalue weighted by atomic mass is 9.92. The van der Waals surface area contributed by atoms with E-state index in [1.165, 1.54) is 4.90 Å². The summed E-state index contributed by atoms with van der Waals surface area (Å²) in [4.78, 5) is 27.0. The van der Waals surface area contributed by atoms with Gasteiger partial charge in [-0.25, -0.2) is 4.79 Å². The fourth-order valence-corrected chi connectivity index (χ4v) is 3.03. The molecule has 1 heterocycles. The predicted molar refractivity (Wildman–Crippen MR) is 117 cm³/mol. The van der Waals surface area contributed by atoms with E-state index < -0.39 is 0 Å². The van der Waals surface area contributed by atoms with Crippen LogP contribution in [-0.2, 0) is 17.3 Å². The molecule has 7 nitrogen and oxygen atoms in total. The van der Waals surface area contributed by atoms with Gasteiger partial charge >= 0.3 is 6.03 Å². The first-order valence-corrected chi connectivity index (χ1v) is 9.99. The molecule has 0 unspecified atom stereocenters. The van der Waals surface area contributed by atoms with Crippen LogP contribution < -0.4 is 10.6 Å². The third-order valence-electron chi connectivity index (χ3n) is 4.74. The molecule has 1 aromatic heterocycles. The number of rotatable bonds is 6. The van der Waals surface area contributed by atoms with Gasteiger partial charge in [-0.2, -0.15) is 5.10 Å². The van der Waals surface area contributed by atoms with Crippen LogP contribution in [0.25, 0.3) is 0 Å². The Balaban J connectivity index is 2.09. The number of aromatic nitrogens is 2. The lowest BCUT2D eigenvalue weighted by Gasteiger charge is -2.23. The van der Waals surface area contributed by atoms with Gasteiger partial charge in [0.1, 0.15) is 12.4 Å². The van der Waals surface area contributed by atoms with Gasteiger partial charge < -0.3 is 15.5 Å². The smallest absolute Gasteiger partial charge is 0.315 e. The number of hydrogen-bond donors (Lipinski definition) is 2. The number of para-hydroxylation sites is 1. The van der Waals surface area contributed by atoms with Crippen LogP contribution >= 0.6 is 0 Å². The minimum absolute atomic E-state index is 0.0271. The second-order valence-electron chi connectivity index (χ2n) is 8.46. The molecule has 0 radical (unpaired) electrons. The number of benzene rings is 1. The van der Waals surface area contributed by atoms with E-state index in [4.69, 9.17) is 0 Å². The maximum atomic E-state index is 12.8. The molecule has 2 rings (SSSR count). The average Bonchev–Trinajstić information content (AvgIpc) is 2.98. The van der Waals surface area contributed by atoms with Gasteiger partial charge in [-0.15, -0.1) is 0 Å². The van der Waals surface area contributed by atoms with Crippen LogP contribution in [-0.4, -0.2) is 39.7 Å². The van der Waals surface area contributed by atoms with Crippen molar-refractivity contribution in [3.05, 3.63) is 41.1 Å². The van der Waals surface area contributed by atoms with E-state index in [2.05, 4.69) is 36.5 Å². The average molecular weight is 400 g/mol. The quantitative estimate of drug-likeness (QED) is 0.763. The summed E-state index contributed by atoms with van der Waals surface area (Å²) in [7, 11) is 1.79. The van der Waals surface area contributed by atoms with Gasteiger partial charge in [0.25, 0.3) is 0 Å². The maximum Gasteiger partial charge on any atom is 0.322 e. The van der Waals surface area contributed by atoms with Crippen molar-refractivity contribution in [2.24, 2.45) is 7.05 Å². The van der Waals surface area contributed by atoms with Crippen LogP contribution in [0.1, 0.15) is 50.9 Å². The number of nitrogens with one attached hydrogen (secondary N) is 2. The first-order chi connectivity index (χ1) is 13.5. The first kappa shape index (κ1) is 22.5. The largest absolute Gasteiger partial charge is 0.322 e. The molecule has 0 bridgehead atoms. The Bertz CT molecular complexity index is 860. The molecule has 3 amide bonds. The van der Waals surface area contributed by atoms with Gasteiger partial charge in [0.2, 0.25) is 5.91 Å². The van der Waals surface area contributed by atoms with E-state index in [9.17, 15) is 9.59 Å². The summed E-state index contributed by atoms with van der Waals surface area (Å²) in [5, 5.41) is 10.3. The molecule has 0 aliphatic heterocycles. The van der Waals surface area contributed by atoms with E-state index >= 15 is 0 Å². The molecule has 158 valence electrons. The molecule has 7 heteroatoms. The Morgan fingerprint density at radius 1 is 1.14 bits per heavy atom. The van der Waals surface area contributed by atoms with Gasteiger partial charge in [-0.3, -0.25) is 9.48 Å². The van der Waals surface area contributed by atoms with Gasteiger partial charge in [0.15, 0.2) is 0 Å². The first-order valence-electron chi connectivity index (χ1n) is 9.99. The van der Waals surface area contributed by atoms with E-state index in [1.807, 2.05) is 45.0 Å². The highest BCUT2D eigenvalue weighted by atomic mass is 16.2. The molecule has 0 fully saturated rings. The second-order valence-corrected chi connectivity index (χ2v) is 8.46. The molecule has 2 aromatic rings. The number of carbonyl (C=O) groups is 2. The zero-order valence-corrected chi connectivity index (χ0v) is 18.6. The standard InChI is InChI=1S/C22H33N5O2/c1-8-12-27(21(29)24-20-15(2)10-9-11-16(20)3)14-19(28)23-18-13-17(22(4,5)6)25-26(18)7/h9-11,13H,8,12,14H2,1-7H3,(H,23,28)(H,24,29). The molecule has 0 spiro atoms. The Kier molecular flexibility index (Phi) is 7.06. The summed E-state index contributed by atoms with van der Waals surface area (Å²) in [5.41, 5.74) is 3.56. The van der Waals surface area contributed by atoms with Gasteiger partial charge in [-0.05, 0) is 31.4 Å². The molecule has 0 aliphatic carbocycles. The second kappa shape index (κ2) is 9.11. The number of carbonyl (C=O) groups excluding carboxylic acids is 2. The van der Waals surface area contributed by atoms with Crippen molar-refractivity contribution >= 4 is 23.4 Å². The highest BCUT2D eigenvalue weighted by Crippen LogP contribution is 2.23. The van der Waals surface area contributed by atoms with Gasteiger partial charge in [-0.1, -0.05) is 45.9 Å². The van der Waals surface area contributed by atoms with Crippen molar-refractivity contribution in [3.63, 3.8) is 0 Å². The number of aryl methyl sites for hydroxylation is 3. The summed E-state index contributed by atoms with van der Waals surface area (Å²) in [6, 6.07) is 7.46. The van der Waals surface area contributed by atoms with Crippen LogP contribution in [0.15, 0.2) is 24.3 Å². The Morgan fingerprint density at radius 2 is 1.76 bits per heavy atom. The van der Waals surface area contributed by atoms with Crippen LogP contribution in [0.2, 0.25) is 0 Å². The lowest BCUT2D eigenvalue weighted by molar-refractivity contribution is -0.116. The van der Waals surface area contributed by atoms with Gasteiger partial charge in [0, 0.05) is 30.8 Å². The molecule has 0 saturated carbocycles. The normalized spacial score (nSPS) is 11.3. The molecular formula is C22H33N5O2. The summed E-state index contributed by atoms with van der Waals surface area (Å²) in [6.45, 7) is 12.6. The van der Waals surface area contributed by atoms with E-state index in [1.54, 1.807) is 11.7 Å². The van der Waals surface area contributed by atoms with Crippen LogP contribution in [0.3, 0.4) is 0 Å². The maximum absolute atomic E-state index is 12.8. The molecule has 1 aromatic carbocycles. The van der Waals surface area contributed by atoms with Crippen molar-refractivity contribution in [1.29, 1.82) is 0 Å². The molecule has 29 heavy (non-hydrogen) atoms. The fourth-order valence-electron chi connectivity index (χ4n) is 3.03. The van der Waals surface area contributed by atoms with Crippen molar-refractivity contribution < 1.29 is 9.59 Å². The molecular weight excluding hydrogens is 366 g/mol. The Labute approximate surface area is 173 Å². The van der Waals surface area contributed by atoms with Crippen molar-refractivity contribution in [2.75, 3.05) is 23.7 Å². The summed E-state index contributed by atoms with van der Waals surface area (Å²) in [5.74, 6) is 0.366. The fraction of sp³-hybridized carbons (Fsp3) is 0.500. The third kappa shape index (κ3) is 5.82. The van der Waals surface area contributed by atoms with Crippen molar-refractivity contribution in [2.45, 2.75) is 53.4 Å². The van der Waals surface area contributed by atoms with Crippen molar-refractivity contribution in [1.82, 2.24) is 14.7 Å². The van der Waals surface area contributed by atoms with Crippen LogP contribution in [0.5, 0.6) is 0 Å². The third-order valence-corrected chi connectivity index (χ3v) is 4.74. The summed E-state index contributed by atoms with van der Waals surface area (Å²) < 4.78 is 1.65. The topological polar surface area (TPSA) is 79.3 Å². The SMILES string of the molecule is CCCN(CC(=O)Nc1cc(C(C)(C)C)nn1C)C(=O)Nc1c(C)cccc1C. The molecule has 0 saturated heterocycles. The van der Waals surface area contributed by atoms with Crippen molar-refractivity contribution in [3.8, 4) is 0 Å². The number of urea groups is 1. The van der Waals surface area contributed by atoms with E-state index in [-0.39, 0.29) is 23.9 Å². The number of amides is 3. The van der Waals surface area contributed by atoms with Crippen LogP contribution in [0.4, 0.5) is 16.3 Å². The van der Waals surface area contributed by atoms with E-state index in [0.717, 1.165) is 28.9 Å². The highest BCUT2D eigenvalue weighted by Gasteiger charge is 2.22. The number of nitrogens with zero attached hydrogens (tertiary/aromatic N) is 3. The predicted octanol–water partition coefficient (Wildman–Crippen LogP) is 4.22. The number of anilines is 2. The van der Waals surface area contributed by atoms with Crippen LogP contribution in [0, 0.1) is 13.8 Å². The number of hydrogen-bond acceptors (Lipinski definition) is 3. The van der Waals surface area contributed by atoms with E-state index in [0.29, 0.717) is 12.4 Å². The lowest BCUT2D eigenvalue weighted by Crippen LogP contribution is -2.41. The summed E-state index contributed by atoms with van der Waals surface area (Å²) in [6.07, 6.45) is 0.757. The minimum atomic E-state index is -0.278. The minimum Gasteiger partial charge on any atom is -0.315 e. The molecule has 0 aliphatic rings.